The van der Waals surface area contributed by atoms with Gasteiger partial charge in [0.25, 0.3) is 0 Å². The van der Waals surface area contributed by atoms with Gasteiger partial charge in [-0.2, -0.15) is 5.10 Å². The highest BCUT2D eigenvalue weighted by Gasteiger charge is 2.24. The van der Waals surface area contributed by atoms with Crippen LogP contribution in [0.2, 0.25) is 0 Å². The van der Waals surface area contributed by atoms with Crippen LogP contribution in [0.15, 0.2) is 6.20 Å². The molecule has 2 aromatic heterocycles. The Morgan fingerprint density at radius 1 is 1.33 bits per heavy atom. The van der Waals surface area contributed by atoms with Gasteiger partial charge in [0.2, 0.25) is 0 Å². The number of rotatable bonds is 5. The van der Waals surface area contributed by atoms with E-state index in [2.05, 4.69) is 30.5 Å². The van der Waals surface area contributed by atoms with E-state index >= 15 is 0 Å². The largest absolute Gasteiger partial charge is 0.304 e. The molecule has 0 radical (unpaired) electrons. The third-order valence-electron chi connectivity index (χ3n) is 4.10. The highest BCUT2D eigenvalue weighted by molar-refractivity contribution is 7.11. The smallest absolute Gasteiger partial charge is 0.115 e. The second-order valence-corrected chi connectivity index (χ2v) is 6.79. The van der Waals surface area contributed by atoms with Crippen LogP contribution in [0.3, 0.4) is 0 Å². The van der Waals surface area contributed by atoms with Crippen molar-refractivity contribution in [3.8, 4) is 0 Å². The maximum Gasteiger partial charge on any atom is 0.115 e. The molecule has 21 heavy (non-hydrogen) atoms. The van der Waals surface area contributed by atoms with Crippen LogP contribution in [0.5, 0.6) is 0 Å². The topological polar surface area (TPSA) is 42.7 Å². The van der Waals surface area contributed by atoms with Gasteiger partial charge in [0, 0.05) is 23.7 Å². The van der Waals surface area contributed by atoms with Gasteiger partial charge < -0.3 is 5.32 Å². The number of thiazole rings is 1. The second-order valence-electron chi connectivity index (χ2n) is 5.68. The summed E-state index contributed by atoms with van der Waals surface area (Å²) >= 11 is 1.90. The third kappa shape index (κ3) is 2.90. The predicted molar refractivity (Wildman–Crippen MR) is 86.9 cm³/mol. The lowest BCUT2D eigenvalue weighted by Crippen LogP contribution is -2.22. The summed E-state index contributed by atoms with van der Waals surface area (Å²) in [7, 11) is 2.00. The highest BCUT2D eigenvalue weighted by Crippen LogP contribution is 2.33. The van der Waals surface area contributed by atoms with Crippen molar-refractivity contribution in [3.63, 3.8) is 0 Å². The van der Waals surface area contributed by atoms with E-state index in [1.807, 2.05) is 23.1 Å². The van der Waals surface area contributed by atoms with Crippen LogP contribution in [-0.4, -0.2) is 21.3 Å². The van der Waals surface area contributed by atoms with E-state index in [1.54, 1.807) is 0 Å². The molecule has 0 aliphatic heterocycles. The van der Waals surface area contributed by atoms with Gasteiger partial charge in [-0.3, -0.25) is 4.68 Å². The molecule has 0 fully saturated rings. The normalized spacial score (nSPS) is 16.0. The maximum atomic E-state index is 4.95. The maximum absolute atomic E-state index is 4.95. The van der Waals surface area contributed by atoms with Gasteiger partial charge in [0.05, 0.1) is 17.4 Å². The SMILES string of the molecule is CCNC(c1nc2c(s1)CCCC2)c1cn(C)nc1CC. The zero-order chi connectivity index (χ0) is 14.8. The van der Waals surface area contributed by atoms with E-state index in [9.17, 15) is 0 Å². The minimum Gasteiger partial charge on any atom is -0.304 e. The van der Waals surface area contributed by atoms with Crippen LogP contribution in [0.1, 0.15) is 59.6 Å². The van der Waals surface area contributed by atoms with E-state index in [1.165, 1.54) is 46.1 Å². The minimum atomic E-state index is 0.189. The molecule has 0 bridgehead atoms. The molecular weight excluding hydrogens is 280 g/mol. The number of fused-ring (bicyclic) bond motifs is 1. The van der Waals surface area contributed by atoms with E-state index in [-0.39, 0.29) is 6.04 Å². The molecule has 3 rings (SSSR count). The van der Waals surface area contributed by atoms with Crippen molar-refractivity contribution >= 4 is 11.3 Å². The van der Waals surface area contributed by atoms with E-state index < -0.39 is 0 Å². The van der Waals surface area contributed by atoms with Crippen LogP contribution in [-0.2, 0) is 26.3 Å². The number of hydrogen-bond donors (Lipinski definition) is 1. The third-order valence-corrected chi connectivity index (χ3v) is 5.32. The zero-order valence-corrected chi connectivity index (χ0v) is 14.0. The summed E-state index contributed by atoms with van der Waals surface area (Å²) in [5.74, 6) is 0. The molecule has 2 heterocycles. The summed E-state index contributed by atoms with van der Waals surface area (Å²) in [6, 6.07) is 0.189. The van der Waals surface area contributed by atoms with Crippen LogP contribution in [0.25, 0.3) is 0 Å². The molecule has 114 valence electrons. The van der Waals surface area contributed by atoms with Gasteiger partial charge in [-0.1, -0.05) is 13.8 Å². The Kier molecular flexibility index (Phi) is 4.40. The number of hydrogen-bond acceptors (Lipinski definition) is 4. The van der Waals surface area contributed by atoms with Crippen molar-refractivity contribution in [2.75, 3.05) is 6.54 Å². The fraction of sp³-hybridized carbons (Fsp3) is 0.625. The van der Waals surface area contributed by atoms with E-state index in [4.69, 9.17) is 4.98 Å². The summed E-state index contributed by atoms with van der Waals surface area (Å²) in [6.45, 7) is 5.26. The van der Waals surface area contributed by atoms with Gasteiger partial charge in [-0.25, -0.2) is 4.98 Å². The second kappa shape index (κ2) is 6.28. The van der Waals surface area contributed by atoms with Gasteiger partial charge in [-0.15, -0.1) is 11.3 Å². The first-order valence-corrected chi connectivity index (χ1v) is 8.78. The Labute approximate surface area is 130 Å². The van der Waals surface area contributed by atoms with Gasteiger partial charge in [-0.05, 0) is 38.6 Å². The molecule has 0 spiro atoms. The molecule has 1 atom stereocenters. The lowest BCUT2D eigenvalue weighted by molar-refractivity contribution is 0.616. The van der Waals surface area contributed by atoms with Crippen molar-refractivity contribution in [1.29, 1.82) is 0 Å². The first kappa shape index (κ1) is 14.7. The molecule has 1 aliphatic rings. The lowest BCUT2D eigenvalue weighted by Gasteiger charge is -2.15. The van der Waals surface area contributed by atoms with Crippen LogP contribution >= 0.6 is 11.3 Å². The Morgan fingerprint density at radius 3 is 2.86 bits per heavy atom. The fourth-order valence-corrected chi connectivity index (χ4v) is 4.35. The van der Waals surface area contributed by atoms with Gasteiger partial charge in [0.1, 0.15) is 5.01 Å². The molecule has 0 amide bonds. The van der Waals surface area contributed by atoms with Gasteiger partial charge in [0.15, 0.2) is 0 Å². The first-order valence-electron chi connectivity index (χ1n) is 7.97. The van der Waals surface area contributed by atoms with Crippen molar-refractivity contribution in [1.82, 2.24) is 20.1 Å². The van der Waals surface area contributed by atoms with E-state index in [0.29, 0.717) is 0 Å². The number of nitrogens with zero attached hydrogens (tertiary/aromatic N) is 3. The molecule has 0 saturated carbocycles. The minimum absolute atomic E-state index is 0.189. The molecule has 5 heteroatoms. The zero-order valence-electron chi connectivity index (χ0n) is 13.1. The van der Waals surface area contributed by atoms with Crippen molar-refractivity contribution < 1.29 is 0 Å². The summed E-state index contributed by atoms with van der Waals surface area (Å²) < 4.78 is 1.92. The van der Waals surface area contributed by atoms with Crippen LogP contribution < -0.4 is 5.32 Å². The predicted octanol–water partition coefficient (Wildman–Crippen LogP) is 3.02. The summed E-state index contributed by atoms with van der Waals surface area (Å²) in [4.78, 5) is 6.45. The average molecular weight is 304 g/mol. The Bertz CT molecular complexity index is 590. The molecule has 1 N–H and O–H groups in total. The molecule has 0 saturated heterocycles. The quantitative estimate of drug-likeness (QED) is 0.923. The number of aromatic nitrogens is 3. The summed E-state index contributed by atoms with van der Waals surface area (Å²) in [5.41, 5.74) is 3.80. The number of nitrogens with one attached hydrogen (secondary N) is 1. The van der Waals surface area contributed by atoms with Crippen molar-refractivity contribution in [2.24, 2.45) is 7.05 Å². The monoisotopic (exact) mass is 304 g/mol. The lowest BCUT2D eigenvalue weighted by atomic mass is 10.0. The Balaban J connectivity index is 1.99. The molecule has 1 unspecified atom stereocenters. The summed E-state index contributed by atoms with van der Waals surface area (Å²) in [5, 5.41) is 9.41. The van der Waals surface area contributed by atoms with Crippen LogP contribution in [0.4, 0.5) is 0 Å². The average Bonchev–Trinajstić information content (AvgIpc) is 3.07. The standard InChI is InChI=1S/C16H24N4S/c1-4-12-11(10-20(3)19-12)15(17-5-2)16-18-13-8-6-7-9-14(13)21-16/h10,15,17H,4-9H2,1-3H3. The van der Waals surface area contributed by atoms with Gasteiger partial charge >= 0.3 is 0 Å². The van der Waals surface area contributed by atoms with Crippen LogP contribution in [0, 0.1) is 0 Å². The molecule has 4 nitrogen and oxygen atoms in total. The Hall–Kier alpha value is -1.20. The first-order chi connectivity index (χ1) is 10.2. The van der Waals surface area contributed by atoms with E-state index in [0.717, 1.165) is 19.4 Å². The van der Waals surface area contributed by atoms with Crippen molar-refractivity contribution in [3.05, 3.63) is 33.0 Å². The van der Waals surface area contributed by atoms with Crippen molar-refractivity contribution in [2.45, 2.75) is 52.0 Å². The molecule has 2 aromatic rings. The Morgan fingerprint density at radius 2 is 2.14 bits per heavy atom. The molecule has 1 aliphatic carbocycles. The molecule has 0 aromatic carbocycles. The molecular formula is C16H24N4S. The fourth-order valence-electron chi connectivity index (χ4n) is 3.10. The summed E-state index contributed by atoms with van der Waals surface area (Å²) in [6.07, 6.45) is 8.07. The number of aryl methyl sites for hydroxylation is 4. The highest BCUT2D eigenvalue weighted by atomic mass is 32.1.